The zero-order chi connectivity index (χ0) is 13.1. The van der Waals surface area contributed by atoms with Gasteiger partial charge in [-0.3, -0.25) is 0 Å². The molecule has 0 radical (unpaired) electrons. The fourth-order valence-electron chi connectivity index (χ4n) is 3.07. The van der Waals surface area contributed by atoms with Crippen molar-refractivity contribution >= 4 is 16.7 Å². The number of fused-ring (bicyclic) bond motifs is 1. The Morgan fingerprint density at radius 2 is 2.05 bits per heavy atom. The highest BCUT2D eigenvalue weighted by molar-refractivity contribution is 5.80. The highest BCUT2D eigenvalue weighted by Gasteiger charge is 2.26. The van der Waals surface area contributed by atoms with Gasteiger partial charge >= 0.3 is 0 Å². The maximum Gasteiger partial charge on any atom is 0.126 e. The number of nitrogens with one attached hydrogen (secondary N) is 1. The molecule has 2 atom stereocenters. The number of para-hydroxylation sites is 1. The number of hydrogen-bond acceptors (Lipinski definition) is 3. The highest BCUT2D eigenvalue weighted by Crippen LogP contribution is 2.30. The number of pyridine rings is 1. The second-order valence-corrected chi connectivity index (χ2v) is 5.34. The monoisotopic (exact) mass is 256 g/mol. The van der Waals surface area contributed by atoms with Crippen LogP contribution < -0.4 is 5.32 Å². The van der Waals surface area contributed by atoms with Gasteiger partial charge in [-0.15, -0.1) is 0 Å². The summed E-state index contributed by atoms with van der Waals surface area (Å²) >= 11 is 0. The molecule has 2 N–H and O–H groups in total. The highest BCUT2D eigenvalue weighted by atomic mass is 16.3. The van der Waals surface area contributed by atoms with E-state index in [0.29, 0.717) is 12.0 Å². The molecule has 19 heavy (non-hydrogen) atoms. The summed E-state index contributed by atoms with van der Waals surface area (Å²) in [5, 5.41) is 13.8. The Morgan fingerprint density at radius 1 is 1.16 bits per heavy atom. The van der Waals surface area contributed by atoms with Crippen LogP contribution in [0, 0.1) is 5.92 Å². The lowest BCUT2D eigenvalue weighted by Crippen LogP contribution is -2.25. The lowest BCUT2D eigenvalue weighted by Gasteiger charge is -2.21. The van der Waals surface area contributed by atoms with Crippen LogP contribution in [0.15, 0.2) is 36.4 Å². The van der Waals surface area contributed by atoms with Crippen molar-refractivity contribution < 1.29 is 5.11 Å². The van der Waals surface area contributed by atoms with Crippen molar-refractivity contribution in [2.24, 2.45) is 5.92 Å². The van der Waals surface area contributed by atoms with Gasteiger partial charge in [0.1, 0.15) is 5.82 Å². The average Bonchev–Trinajstić information content (AvgIpc) is 2.86. The van der Waals surface area contributed by atoms with E-state index in [2.05, 4.69) is 28.5 Å². The van der Waals surface area contributed by atoms with Crippen molar-refractivity contribution in [1.82, 2.24) is 4.98 Å². The van der Waals surface area contributed by atoms with Crippen LogP contribution in [0.3, 0.4) is 0 Å². The van der Waals surface area contributed by atoms with Gasteiger partial charge in [0.15, 0.2) is 0 Å². The van der Waals surface area contributed by atoms with Crippen molar-refractivity contribution in [2.45, 2.75) is 31.7 Å². The van der Waals surface area contributed by atoms with Gasteiger partial charge in [-0.25, -0.2) is 4.98 Å². The Kier molecular flexibility index (Phi) is 3.65. The molecular formula is C16H20N2O. The van der Waals surface area contributed by atoms with Crippen LogP contribution in [0.2, 0.25) is 0 Å². The SMILES string of the molecule is OCCC1CCCC1Nc1ccc2ccccc2n1. The van der Waals surface area contributed by atoms with Gasteiger partial charge in [0, 0.05) is 18.0 Å². The van der Waals surface area contributed by atoms with Gasteiger partial charge in [0.25, 0.3) is 0 Å². The van der Waals surface area contributed by atoms with Crippen molar-refractivity contribution in [2.75, 3.05) is 11.9 Å². The Labute approximate surface area is 113 Å². The van der Waals surface area contributed by atoms with Crippen molar-refractivity contribution in [3.8, 4) is 0 Å². The van der Waals surface area contributed by atoms with Crippen LogP contribution in [0.25, 0.3) is 10.9 Å². The third-order valence-corrected chi connectivity index (χ3v) is 4.09. The minimum atomic E-state index is 0.286. The Hall–Kier alpha value is -1.61. The molecule has 0 spiro atoms. The minimum Gasteiger partial charge on any atom is -0.396 e. The van der Waals surface area contributed by atoms with E-state index in [4.69, 9.17) is 5.11 Å². The molecule has 0 amide bonds. The van der Waals surface area contributed by atoms with Gasteiger partial charge in [0.05, 0.1) is 5.52 Å². The summed E-state index contributed by atoms with van der Waals surface area (Å²) in [4.78, 5) is 4.66. The van der Waals surface area contributed by atoms with Gasteiger partial charge in [-0.2, -0.15) is 0 Å². The molecule has 2 unspecified atom stereocenters. The topological polar surface area (TPSA) is 45.1 Å². The van der Waals surface area contributed by atoms with Crippen LogP contribution in [0.4, 0.5) is 5.82 Å². The molecule has 0 aliphatic heterocycles. The Balaban J connectivity index is 1.77. The summed E-state index contributed by atoms with van der Waals surface area (Å²) in [5.74, 6) is 1.53. The summed E-state index contributed by atoms with van der Waals surface area (Å²) in [6, 6.07) is 12.8. The molecule has 0 saturated heterocycles. The first-order valence-electron chi connectivity index (χ1n) is 7.10. The predicted molar refractivity (Wildman–Crippen MR) is 78.2 cm³/mol. The van der Waals surface area contributed by atoms with E-state index in [0.717, 1.165) is 17.8 Å². The lowest BCUT2D eigenvalue weighted by molar-refractivity contribution is 0.254. The normalized spacial score (nSPS) is 22.8. The van der Waals surface area contributed by atoms with Crippen molar-refractivity contribution in [3.05, 3.63) is 36.4 Å². The number of aliphatic hydroxyl groups is 1. The third kappa shape index (κ3) is 2.71. The predicted octanol–water partition coefficient (Wildman–Crippen LogP) is 3.20. The summed E-state index contributed by atoms with van der Waals surface area (Å²) in [5.41, 5.74) is 1.03. The second kappa shape index (κ2) is 5.57. The maximum absolute atomic E-state index is 9.11. The van der Waals surface area contributed by atoms with E-state index in [9.17, 15) is 0 Å². The van der Waals surface area contributed by atoms with Crippen LogP contribution in [-0.2, 0) is 0 Å². The van der Waals surface area contributed by atoms with E-state index in [-0.39, 0.29) is 6.61 Å². The zero-order valence-corrected chi connectivity index (χ0v) is 11.0. The van der Waals surface area contributed by atoms with Crippen LogP contribution in [0.1, 0.15) is 25.7 Å². The van der Waals surface area contributed by atoms with Crippen molar-refractivity contribution in [3.63, 3.8) is 0 Å². The summed E-state index contributed by atoms with van der Waals surface area (Å²) in [6.45, 7) is 0.286. The van der Waals surface area contributed by atoms with Crippen LogP contribution in [-0.4, -0.2) is 22.7 Å². The fraction of sp³-hybridized carbons (Fsp3) is 0.438. The quantitative estimate of drug-likeness (QED) is 0.883. The molecule has 3 nitrogen and oxygen atoms in total. The van der Waals surface area contributed by atoms with E-state index in [1.807, 2.05) is 18.2 Å². The number of aliphatic hydroxyl groups excluding tert-OH is 1. The number of nitrogens with zero attached hydrogens (tertiary/aromatic N) is 1. The van der Waals surface area contributed by atoms with Crippen molar-refractivity contribution in [1.29, 1.82) is 0 Å². The molecule has 3 rings (SSSR count). The number of rotatable bonds is 4. The van der Waals surface area contributed by atoms with E-state index < -0.39 is 0 Å². The zero-order valence-electron chi connectivity index (χ0n) is 11.0. The number of hydrogen-bond donors (Lipinski definition) is 2. The van der Waals surface area contributed by atoms with E-state index >= 15 is 0 Å². The molecule has 1 aliphatic carbocycles. The molecule has 1 aromatic heterocycles. The average molecular weight is 256 g/mol. The summed E-state index contributed by atoms with van der Waals surface area (Å²) in [7, 11) is 0. The van der Waals surface area contributed by atoms with Gasteiger partial charge in [-0.1, -0.05) is 24.6 Å². The standard InChI is InChI=1S/C16H20N2O/c19-11-10-13-5-3-7-15(13)18-16-9-8-12-4-1-2-6-14(12)17-16/h1-2,4,6,8-9,13,15,19H,3,5,7,10-11H2,(H,17,18). The third-order valence-electron chi connectivity index (χ3n) is 4.09. The molecule has 1 fully saturated rings. The molecule has 3 heteroatoms. The number of aromatic nitrogens is 1. The largest absolute Gasteiger partial charge is 0.396 e. The Bertz CT molecular complexity index is 555. The summed E-state index contributed by atoms with van der Waals surface area (Å²) < 4.78 is 0. The second-order valence-electron chi connectivity index (χ2n) is 5.34. The van der Waals surface area contributed by atoms with Gasteiger partial charge in [-0.05, 0) is 43.4 Å². The first kappa shape index (κ1) is 12.4. The molecule has 100 valence electrons. The number of benzene rings is 1. The lowest BCUT2D eigenvalue weighted by atomic mass is 10.00. The summed E-state index contributed by atoms with van der Waals surface area (Å²) in [6.07, 6.45) is 4.53. The van der Waals surface area contributed by atoms with Crippen LogP contribution >= 0.6 is 0 Å². The van der Waals surface area contributed by atoms with Gasteiger partial charge < -0.3 is 10.4 Å². The van der Waals surface area contributed by atoms with E-state index in [1.54, 1.807) is 0 Å². The molecule has 0 bridgehead atoms. The number of anilines is 1. The fourth-order valence-corrected chi connectivity index (χ4v) is 3.07. The smallest absolute Gasteiger partial charge is 0.126 e. The van der Waals surface area contributed by atoms with Gasteiger partial charge in [0.2, 0.25) is 0 Å². The minimum absolute atomic E-state index is 0.286. The maximum atomic E-state index is 9.11. The molecule has 1 aromatic carbocycles. The molecule has 1 saturated carbocycles. The molecule has 2 aromatic rings. The molecule has 1 aliphatic rings. The first-order chi connectivity index (χ1) is 9.36. The molecular weight excluding hydrogens is 236 g/mol. The Morgan fingerprint density at radius 3 is 2.95 bits per heavy atom. The van der Waals surface area contributed by atoms with Crippen LogP contribution in [0.5, 0.6) is 0 Å². The molecule has 1 heterocycles. The first-order valence-corrected chi connectivity index (χ1v) is 7.10. The van der Waals surface area contributed by atoms with E-state index in [1.165, 1.54) is 24.6 Å².